The van der Waals surface area contributed by atoms with Crippen LogP contribution < -0.4 is 5.32 Å². The number of carbonyl (C=O) groups excluding carboxylic acids is 1. The maximum Gasteiger partial charge on any atom is 0.253 e. The van der Waals surface area contributed by atoms with E-state index < -0.39 is 6.10 Å². The molecule has 0 aliphatic rings. The Morgan fingerprint density at radius 3 is 3.00 bits per heavy atom. The van der Waals surface area contributed by atoms with Crippen molar-refractivity contribution in [1.82, 2.24) is 10.3 Å². The quantitative estimate of drug-likeness (QED) is 0.804. The fourth-order valence-corrected chi connectivity index (χ4v) is 1.27. The molecule has 17 heavy (non-hydrogen) atoms. The number of nitrogens with one attached hydrogen (secondary N) is 1. The van der Waals surface area contributed by atoms with E-state index >= 15 is 0 Å². The predicted octanol–water partition coefficient (Wildman–Crippen LogP) is 0.762. The summed E-state index contributed by atoms with van der Waals surface area (Å²) in [6.45, 7) is 3.73. The topological polar surface area (TPSA) is 86.0 Å². The van der Waals surface area contributed by atoms with E-state index in [1.807, 2.05) is 13.0 Å². The summed E-state index contributed by atoms with van der Waals surface area (Å²) >= 11 is 0. The molecule has 0 radical (unpaired) electrons. The van der Waals surface area contributed by atoms with E-state index in [-0.39, 0.29) is 12.5 Å². The first kappa shape index (κ1) is 13.1. The molecule has 0 bridgehead atoms. The normalized spacial score (nSPS) is 11.6. The first-order valence-corrected chi connectivity index (χ1v) is 5.41. The van der Waals surface area contributed by atoms with Crippen molar-refractivity contribution in [3.8, 4) is 6.07 Å². The highest BCUT2D eigenvalue weighted by atomic mass is 16.3. The van der Waals surface area contributed by atoms with Gasteiger partial charge in [-0.1, -0.05) is 6.92 Å². The highest BCUT2D eigenvalue weighted by molar-refractivity contribution is 5.95. The maximum absolute atomic E-state index is 11.8. The molecular formula is C12H15N3O2. The number of aliphatic hydroxyl groups is 1. The molecule has 1 atom stereocenters. The second kappa shape index (κ2) is 5.97. The Morgan fingerprint density at radius 1 is 1.71 bits per heavy atom. The summed E-state index contributed by atoms with van der Waals surface area (Å²) in [5.41, 5.74) is 1.27. The molecule has 0 fully saturated rings. The van der Waals surface area contributed by atoms with Gasteiger partial charge >= 0.3 is 0 Å². The predicted molar refractivity (Wildman–Crippen MR) is 62.3 cm³/mol. The zero-order chi connectivity index (χ0) is 12.8. The molecule has 1 unspecified atom stereocenters. The van der Waals surface area contributed by atoms with Crippen molar-refractivity contribution in [3.63, 3.8) is 0 Å². The molecule has 0 saturated carbocycles. The lowest BCUT2D eigenvalue weighted by Crippen LogP contribution is -2.32. The van der Waals surface area contributed by atoms with Gasteiger partial charge in [0.25, 0.3) is 5.91 Å². The Kier molecular flexibility index (Phi) is 4.61. The zero-order valence-electron chi connectivity index (χ0n) is 9.90. The monoisotopic (exact) mass is 233 g/mol. The average molecular weight is 233 g/mol. The van der Waals surface area contributed by atoms with Gasteiger partial charge in [0.15, 0.2) is 0 Å². The van der Waals surface area contributed by atoms with Gasteiger partial charge in [-0.25, -0.2) is 0 Å². The number of amides is 1. The molecule has 1 heterocycles. The smallest absolute Gasteiger partial charge is 0.253 e. The van der Waals surface area contributed by atoms with Crippen molar-refractivity contribution < 1.29 is 9.90 Å². The first-order valence-electron chi connectivity index (χ1n) is 5.41. The standard InChI is InChI=1S/C12H15N3O2/c1-3-10(16)7-15-12(17)11-4-9(5-13)6-14-8(11)2/h4,6,10,16H,3,7H2,1-2H3,(H,15,17). The third-order valence-electron chi connectivity index (χ3n) is 2.43. The van der Waals surface area contributed by atoms with Crippen molar-refractivity contribution in [2.45, 2.75) is 26.4 Å². The molecule has 0 saturated heterocycles. The van der Waals surface area contributed by atoms with Gasteiger partial charge in [-0.05, 0) is 19.4 Å². The molecule has 90 valence electrons. The van der Waals surface area contributed by atoms with Gasteiger partial charge in [-0.15, -0.1) is 0 Å². The molecule has 1 aromatic rings. The number of aliphatic hydroxyl groups excluding tert-OH is 1. The summed E-state index contributed by atoms with van der Waals surface area (Å²) in [6, 6.07) is 3.43. The van der Waals surface area contributed by atoms with Crippen LogP contribution in [0.4, 0.5) is 0 Å². The Bertz CT molecular complexity index is 452. The minimum absolute atomic E-state index is 0.200. The summed E-state index contributed by atoms with van der Waals surface area (Å²) in [7, 11) is 0. The molecule has 0 aromatic carbocycles. The van der Waals surface area contributed by atoms with Crippen LogP contribution >= 0.6 is 0 Å². The molecule has 1 rings (SSSR count). The van der Waals surface area contributed by atoms with Crippen LogP contribution in [0.25, 0.3) is 0 Å². The number of rotatable bonds is 4. The zero-order valence-corrected chi connectivity index (χ0v) is 9.90. The Balaban J connectivity index is 2.78. The van der Waals surface area contributed by atoms with E-state index in [9.17, 15) is 9.90 Å². The summed E-state index contributed by atoms with van der Waals surface area (Å²) < 4.78 is 0. The highest BCUT2D eigenvalue weighted by Gasteiger charge is 2.12. The lowest BCUT2D eigenvalue weighted by molar-refractivity contribution is 0.0913. The lowest BCUT2D eigenvalue weighted by Gasteiger charge is -2.10. The van der Waals surface area contributed by atoms with Crippen LogP contribution in [0.5, 0.6) is 0 Å². The molecule has 0 aliphatic heterocycles. The Hall–Kier alpha value is -1.93. The van der Waals surface area contributed by atoms with Crippen molar-refractivity contribution in [1.29, 1.82) is 5.26 Å². The van der Waals surface area contributed by atoms with Crippen molar-refractivity contribution in [2.75, 3.05) is 6.54 Å². The van der Waals surface area contributed by atoms with Crippen LogP contribution in [0.1, 0.15) is 35.0 Å². The third kappa shape index (κ3) is 3.54. The number of pyridine rings is 1. The minimum Gasteiger partial charge on any atom is -0.391 e. The van der Waals surface area contributed by atoms with Gasteiger partial charge in [0.1, 0.15) is 6.07 Å². The van der Waals surface area contributed by atoms with E-state index in [0.717, 1.165) is 0 Å². The van der Waals surface area contributed by atoms with Crippen LogP contribution in [-0.2, 0) is 0 Å². The molecule has 1 aromatic heterocycles. The van der Waals surface area contributed by atoms with Crippen LogP contribution in [0.3, 0.4) is 0 Å². The maximum atomic E-state index is 11.8. The van der Waals surface area contributed by atoms with Gasteiger partial charge in [0.05, 0.1) is 22.9 Å². The highest BCUT2D eigenvalue weighted by Crippen LogP contribution is 2.07. The third-order valence-corrected chi connectivity index (χ3v) is 2.43. The molecule has 0 aliphatic carbocycles. The lowest BCUT2D eigenvalue weighted by atomic mass is 10.1. The van der Waals surface area contributed by atoms with Crippen LogP contribution in [-0.4, -0.2) is 28.6 Å². The molecule has 2 N–H and O–H groups in total. The summed E-state index contributed by atoms with van der Waals surface area (Å²) in [5.74, 6) is -0.320. The van der Waals surface area contributed by atoms with Gasteiger partial charge < -0.3 is 10.4 Å². The molecular weight excluding hydrogens is 218 g/mol. The Labute approximate surface area is 100 Å². The van der Waals surface area contributed by atoms with Crippen molar-refractivity contribution in [3.05, 3.63) is 29.1 Å². The number of nitrogens with zero attached hydrogens (tertiary/aromatic N) is 2. The largest absolute Gasteiger partial charge is 0.391 e. The molecule has 1 amide bonds. The van der Waals surface area contributed by atoms with Crippen molar-refractivity contribution in [2.24, 2.45) is 0 Å². The molecule has 5 nitrogen and oxygen atoms in total. The minimum atomic E-state index is -0.550. The summed E-state index contributed by atoms with van der Waals surface area (Å²) in [4.78, 5) is 15.8. The van der Waals surface area contributed by atoms with E-state index in [0.29, 0.717) is 23.2 Å². The van der Waals surface area contributed by atoms with E-state index in [1.165, 1.54) is 12.3 Å². The number of hydrogen-bond acceptors (Lipinski definition) is 4. The van der Waals surface area contributed by atoms with Crippen LogP contribution in [0.2, 0.25) is 0 Å². The van der Waals surface area contributed by atoms with Crippen LogP contribution in [0.15, 0.2) is 12.3 Å². The number of aromatic nitrogens is 1. The average Bonchev–Trinajstić information content (AvgIpc) is 2.36. The van der Waals surface area contributed by atoms with E-state index in [1.54, 1.807) is 6.92 Å². The number of carbonyl (C=O) groups is 1. The molecule has 0 spiro atoms. The number of hydrogen-bond donors (Lipinski definition) is 2. The van der Waals surface area contributed by atoms with Gasteiger partial charge in [-0.2, -0.15) is 5.26 Å². The summed E-state index contributed by atoms with van der Waals surface area (Å²) in [5, 5.41) is 20.7. The fourth-order valence-electron chi connectivity index (χ4n) is 1.27. The number of aryl methyl sites for hydroxylation is 1. The van der Waals surface area contributed by atoms with Gasteiger partial charge in [-0.3, -0.25) is 9.78 Å². The fraction of sp³-hybridized carbons (Fsp3) is 0.417. The van der Waals surface area contributed by atoms with Crippen LogP contribution in [0, 0.1) is 18.3 Å². The van der Waals surface area contributed by atoms with E-state index in [4.69, 9.17) is 5.26 Å². The van der Waals surface area contributed by atoms with Gasteiger partial charge in [0.2, 0.25) is 0 Å². The molecule has 5 heteroatoms. The second-order valence-corrected chi connectivity index (χ2v) is 3.74. The van der Waals surface area contributed by atoms with Gasteiger partial charge in [0, 0.05) is 12.7 Å². The second-order valence-electron chi connectivity index (χ2n) is 3.74. The van der Waals surface area contributed by atoms with Crippen molar-refractivity contribution >= 4 is 5.91 Å². The Morgan fingerprint density at radius 2 is 2.41 bits per heavy atom. The summed E-state index contributed by atoms with van der Waals surface area (Å²) in [6.07, 6.45) is 1.45. The van der Waals surface area contributed by atoms with E-state index in [2.05, 4.69) is 10.3 Å². The first-order chi connectivity index (χ1) is 8.08. The number of nitriles is 1. The SMILES string of the molecule is CCC(O)CNC(=O)c1cc(C#N)cnc1C.